The van der Waals surface area contributed by atoms with E-state index in [0.717, 1.165) is 44.7 Å². The van der Waals surface area contributed by atoms with Gasteiger partial charge in [-0.1, -0.05) is 42.5 Å². The Hall–Kier alpha value is -3.89. The molecule has 0 fully saturated rings. The van der Waals surface area contributed by atoms with Crippen molar-refractivity contribution in [3.8, 4) is 11.4 Å². The summed E-state index contributed by atoms with van der Waals surface area (Å²) in [6.07, 6.45) is 0.622. The van der Waals surface area contributed by atoms with Crippen molar-refractivity contribution in [1.29, 1.82) is 0 Å². The molecule has 2 aromatic carbocycles. The van der Waals surface area contributed by atoms with Crippen LogP contribution in [0.1, 0.15) is 11.4 Å². The zero-order chi connectivity index (χ0) is 22.6. The number of nitrogens with zero attached hydrogens (tertiary/aromatic N) is 6. The molecular formula is C23H24N8O2. The molecule has 33 heavy (non-hydrogen) atoms. The zero-order valence-corrected chi connectivity index (χ0v) is 18.2. The lowest BCUT2D eigenvalue weighted by Crippen LogP contribution is -2.13. The first kappa shape index (κ1) is 21.0. The second-order valence-electron chi connectivity index (χ2n) is 7.63. The van der Waals surface area contributed by atoms with Gasteiger partial charge in [0.05, 0.1) is 32.3 Å². The van der Waals surface area contributed by atoms with Crippen molar-refractivity contribution in [1.82, 2.24) is 35.2 Å². The van der Waals surface area contributed by atoms with Crippen LogP contribution in [0.4, 0.5) is 5.82 Å². The van der Waals surface area contributed by atoms with E-state index in [1.807, 2.05) is 36.4 Å². The topological polar surface area (TPSA) is 127 Å². The van der Waals surface area contributed by atoms with Crippen molar-refractivity contribution in [2.24, 2.45) is 7.05 Å². The number of hydrogen-bond donors (Lipinski definition) is 3. The maximum atomic E-state index is 8.91. The maximum Gasteiger partial charge on any atom is 0.204 e. The van der Waals surface area contributed by atoms with Gasteiger partial charge < -0.3 is 20.1 Å². The van der Waals surface area contributed by atoms with E-state index in [1.165, 1.54) is 4.80 Å². The number of ether oxygens (including phenoxy) is 1. The molecule has 5 aromatic rings. The van der Waals surface area contributed by atoms with E-state index in [1.54, 1.807) is 7.05 Å². The number of aryl methyl sites for hydroxylation is 1. The third-order valence-corrected chi connectivity index (χ3v) is 5.24. The number of hydrogen-bond acceptors (Lipinski definition) is 8. The van der Waals surface area contributed by atoms with E-state index in [4.69, 9.17) is 19.8 Å². The van der Waals surface area contributed by atoms with Gasteiger partial charge in [0.25, 0.3) is 0 Å². The van der Waals surface area contributed by atoms with Gasteiger partial charge in [-0.05, 0) is 16.8 Å². The predicted octanol–water partition coefficient (Wildman–Crippen LogP) is 2.31. The van der Waals surface area contributed by atoms with Crippen LogP contribution in [0.25, 0.3) is 33.3 Å². The van der Waals surface area contributed by atoms with Gasteiger partial charge in [-0.15, -0.1) is 10.2 Å². The molecule has 10 heteroatoms. The largest absolute Gasteiger partial charge is 0.394 e. The van der Waals surface area contributed by atoms with Gasteiger partial charge in [0, 0.05) is 29.4 Å². The fourth-order valence-electron chi connectivity index (χ4n) is 3.78. The molecule has 0 aliphatic rings. The van der Waals surface area contributed by atoms with Crippen LogP contribution in [0, 0.1) is 0 Å². The SMILES string of the molecule is Cn1nnc(-c2ccc3c(c2)[nH]c2nc(Cc4ccccc4)nc(NCCOCCO)c23)n1. The van der Waals surface area contributed by atoms with E-state index < -0.39 is 0 Å². The molecule has 0 saturated carbocycles. The highest BCUT2D eigenvalue weighted by Crippen LogP contribution is 2.32. The van der Waals surface area contributed by atoms with E-state index in [2.05, 4.69) is 37.8 Å². The standard InChI is InChI=1S/C23H24N8O2/c1-31-29-21(28-30-31)16-7-8-17-18(14-16)25-23-20(17)22(24-9-11-33-12-10-32)26-19(27-23)13-15-5-3-2-4-6-15/h2-8,14,32H,9-13H2,1H3,(H2,24,25,26,27). The summed E-state index contributed by atoms with van der Waals surface area (Å²) in [6, 6.07) is 16.1. The van der Waals surface area contributed by atoms with Crippen molar-refractivity contribution in [3.05, 3.63) is 59.9 Å². The number of aromatic amines is 1. The molecule has 0 aliphatic carbocycles. The average Bonchev–Trinajstić information content (AvgIpc) is 3.42. The summed E-state index contributed by atoms with van der Waals surface area (Å²) in [5.74, 6) is 2.03. The van der Waals surface area contributed by atoms with Crippen molar-refractivity contribution in [3.63, 3.8) is 0 Å². The van der Waals surface area contributed by atoms with E-state index >= 15 is 0 Å². The summed E-state index contributed by atoms with van der Waals surface area (Å²) in [4.78, 5) is 14.5. The molecule has 0 bridgehead atoms. The van der Waals surface area contributed by atoms with Crippen molar-refractivity contribution >= 4 is 27.8 Å². The Labute approximate surface area is 189 Å². The van der Waals surface area contributed by atoms with Crippen LogP contribution in [-0.4, -0.2) is 66.6 Å². The number of aromatic nitrogens is 7. The van der Waals surface area contributed by atoms with Gasteiger partial charge in [-0.3, -0.25) is 0 Å². The third kappa shape index (κ3) is 4.52. The Morgan fingerprint density at radius 1 is 1.09 bits per heavy atom. The van der Waals surface area contributed by atoms with Crippen LogP contribution in [0.3, 0.4) is 0 Å². The Balaban J connectivity index is 1.54. The fraction of sp³-hybridized carbons (Fsp3) is 0.261. The molecule has 0 unspecified atom stereocenters. The highest BCUT2D eigenvalue weighted by atomic mass is 16.5. The van der Waals surface area contributed by atoms with Gasteiger partial charge in [0.15, 0.2) is 0 Å². The molecule has 10 nitrogen and oxygen atoms in total. The zero-order valence-electron chi connectivity index (χ0n) is 18.2. The number of H-pyrrole nitrogens is 1. The number of aliphatic hydroxyl groups is 1. The molecular weight excluding hydrogens is 420 g/mol. The fourth-order valence-corrected chi connectivity index (χ4v) is 3.78. The molecule has 0 aliphatic heterocycles. The highest BCUT2D eigenvalue weighted by Gasteiger charge is 2.16. The Kier molecular flexibility index (Phi) is 5.92. The second kappa shape index (κ2) is 9.31. The van der Waals surface area contributed by atoms with Gasteiger partial charge in [0.1, 0.15) is 17.3 Å². The first-order chi connectivity index (χ1) is 16.2. The number of aliphatic hydroxyl groups excluding tert-OH is 1. The molecule has 0 radical (unpaired) electrons. The van der Waals surface area contributed by atoms with Crippen molar-refractivity contribution < 1.29 is 9.84 Å². The van der Waals surface area contributed by atoms with Crippen LogP contribution < -0.4 is 5.32 Å². The van der Waals surface area contributed by atoms with E-state index in [0.29, 0.717) is 32.0 Å². The van der Waals surface area contributed by atoms with Crippen LogP contribution in [0.5, 0.6) is 0 Å². The Morgan fingerprint density at radius 3 is 2.76 bits per heavy atom. The molecule has 3 heterocycles. The first-order valence-electron chi connectivity index (χ1n) is 10.7. The average molecular weight is 444 g/mol. The number of nitrogens with one attached hydrogen (secondary N) is 2. The lowest BCUT2D eigenvalue weighted by molar-refractivity contribution is 0.0992. The van der Waals surface area contributed by atoms with E-state index in [-0.39, 0.29) is 6.61 Å². The molecule has 0 atom stereocenters. The summed E-state index contributed by atoms with van der Waals surface area (Å²) in [5, 5.41) is 26.5. The van der Waals surface area contributed by atoms with Crippen LogP contribution >= 0.6 is 0 Å². The smallest absolute Gasteiger partial charge is 0.204 e. The molecule has 0 spiro atoms. The summed E-state index contributed by atoms with van der Waals surface area (Å²) >= 11 is 0. The van der Waals surface area contributed by atoms with Crippen molar-refractivity contribution in [2.45, 2.75) is 6.42 Å². The summed E-state index contributed by atoms with van der Waals surface area (Å²) < 4.78 is 5.39. The number of anilines is 1. The minimum Gasteiger partial charge on any atom is -0.394 e. The first-order valence-corrected chi connectivity index (χ1v) is 10.7. The van der Waals surface area contributed by atoms with Crippen LogP contribution in [0.2, 0.25) is 0 Å². The molecule has 168 valence electrons. The minimum atomic E-state index is 0.00437. The lowest BCUT2D eigenvalue weighted by Gasteiger charge is -2.10. The van der Waals surface area contributed by atoms with Gasteiger partial charge in [-0.2, -0.15) is 4.80 Å². The molecule has 3 aromatic heterocycles. The number of fused-ring (bicyclic) bond motifs is 3. The number of tetrazole rings is 1. The normalized spacial score (nSPS) is 11.5. The Morgan fingerprint density at radius 2 is 1.97 bits per heavy atom. The summed E-state index contributed by atoms with van der Waals surface area (Å²) in [5.41, 5.74) is 3.68. The summed E-state index contributed by atoms with van der Waals surface area (Å²) in [7, 11) is 1.74. The third-order valence-electron chi connectivity index (χ3n) is 5.24. The van der Waals surface area contributed by atoms with Gasteiger partial charge in [0.2, 0.25) is 5.82 Å². The monoisotopic (exact) mass is 444 g/mol. The van der Waals surface area contributed by atoms with Gasteiger partial charge in [-0.25, -0.2) is 9.97 Å². The maximum absolute atomic E-state index is 8.91. The lowest BCUT2D eigenvalue weighted by atomic mass is 10.1. The number of benzene rings is 2. The summed E-state index contributed by atoms with van der Waals surface area (Å²) in [6.45, 7) is 1.34. The van der Waals surface area contributed by atoms with Crippen LogP contribution in [-0.2, 0) is 18.2 Å². The second-order valence-corrected chi connectivity index (χ2v) is 7.63. The van der Waals surface area contributed by atoms with Gasteiger partial charge >= 0.3 is 0 Å². The molecule has 5 rings (SSSR count). The molecule has 0 amide bonds. The Bertz CT molecular complexity index is 1380. The minimum absolute atomic E-state index is 0.00437. The molecule has 0 saturated heterocycles. The van der Waals surface area contributed by atoms with Crippen LogP contribution in [0.15, 0.2) is 48.5 Å². The van der Waals surface area contributed by atoms with E-state index in [9.17, 15) is 0 Å². The highest BCUT2D eigenvalue weighted by molar-refractivity contribution is 6.11. The number of rotatable bonds is 9. The van der Waals surface area contributed by atoms with Crippen molar-refractivity contribution in [2.75, 3.05) is 31.7 Å². The molecule has 3 N–H and O–H groups in total. The predicted molar refractivity (Wildman–Crippen MR) is 125 cm³/mol. The quantitative estimate of drug-likeness (QED) is 0.296.